The summed E-state index contributed by atoms with van der Waals surface area (Å²) in [5.41, 5.74) is 2.98. The van der Waals surface area contributed by atoms with Gasteiger partial charge in [-0.15, -0.1) is 11.3 Å². The summed E-state index contributed by atoms with van der Waals surface area (Å²) in [6.45, 7) is 0.281. The van der Waals surface area contributed by atoms with Crippen molar-refractivity contribution in [3.63, 3.8) is 0 Å². The van der Waals surface area contributed by atoms with E-state index in [0.29, 0.717) is 33.7 Å². The van der Waals surface area contributed by atoms with Crippen LogP contribution in [0.5, 0.6) is 5.75 Å². The Morgan fingerprint density at radius 1 is 1.09 bits per heavy atom. The van der Waals surface area contributed by atoms with Crippen LogP contribution in [0.1, 0.15) is 10.6 Å². The largest absolute Gasteiger partial charge is 0.486 e. The minimum atomic E-state index is -2.31. The molecule has 3 aromatic carbocycles. The van der Waals surface area contributed by atoms with E-state index in [4.69, 9.17) is 10.00 Å². The molecule has 162 valence electrons. The Hall–Kier alpha value is -3.84. The highest BCUT2D eigenvalue weighted by atomic mass is 32.2. The smallest absolute Gasteiger partial charge is 0.266 e. The van der Waals surface area contributed by atoms with E-state index in [0.717, 1.165) is 15.1 Å². The number of nitrogens with zero attached hydrogens (tertiary/aromatic N) is 4. The van der Waals surface area contributed by atoms with Crippen molar-refractivity contribution < 1.29 is 13.5 Å². The monoisotopic (exact) mass is 472 g/mol. The molecular formula is C24H16N4O3S2. The Bertz CT molecular complexity index is 1520. The van der Waals surface area contributed by atoms with Crippen molar-refractivity contribution in [2.75, 3.05) is 4.31 Å². The molecule has 1 N–H and O–H groups in total. The van der Waals surface area contributed by atoms with Crippen molar-refractivity contribution in [3.8, 4) is 11.8 Å². The normalized spacial score (nSPS) is 11.9. The molecule has 0 saturated heterocycles. The summed E-state index contributed by atoms with van der Waals surface area (Å²) in [5.74, 6) is 0.652. The predicted octanol–water partition coefficient (Wildman–Crippen LogP) is 5.57. The zero-order chi connectivity index (χ0) is 22.8. The van der Waals surface area contributed by atoms with Crippen molar-refractivity contribution in [1.29, 1.82) is 5.26 Å². The number of rotatable bonds is 6. The van der Waals surface area contributed by atoms with Gasteiger partial charge in [0.2, 0.25) is 0 Å². The van der Waals surface area contributed by atoms with Gasteiger partial charge in [0, 0.05) is 11.6 Å². The fourth-order valence-corrected chi connectivity index (χ4v) is 4.96. The molecule has 0 radical (unpaired) electrons. The summed E-state index contributed by atoms with van der Waals surface area (Å²) in [5, 5.41) is 10.5. The molecule has 1 unspecified atom stereocenters. The van der Waals surface area contributed by atoms with Gasteiger partial charge >= 0.3 is 0 Å². The van der Waals surface area contributed by atoms with Crippen molar-refractivity contribution in [2.24, 2.45) is 0 Å². The number of anilines is 2. The average molecular weight is 473 g/mol. The molecule has 0 aliphatic carbocycles. The molecule has 1 atom stereocenters. The molecule has 2 heterocycles. The molecule has 0 aliphatic heterocycles. The Balaban J connectivity index is 1.45. The van der Waals surface area contributed by atoms with E-state index >= 15 is 0 Å². The second kappa shape index (κ2) is 8.96. The summed E-state index contributed by atoms with van der Waals surface area (Å²) in [6.07, 6.45) is 1.66. The van der Waals surface area contributed by atoms with Crippen molar-refractivity contribution in [2.45, 2.75) is 6.61 Å². The maximum absolute atomic E-state index is 12.3. The van der Waals surface area contributed by atoms with Crippen molar-refractivity contribution in [3.05, 3.63) is 89.6 Å². The summed E-state index contributed by atoms with van der Waals surface area (Å²) in [6, 6.07) is 23.7. The SMILES string of the molecule is N#Cc1ccc(OCc2nc3cc(N(c4cccc5cccnc45)S(=O)O)ccc3s2)cc1. The lowest BCUT2D eigenvalue weighted by Crippen LogP contribution is -2.19. The average Bonchev–Trinajstić information content (AvgIpc) is 3.25. The fraction of sp³-hybridized carbons (Fsp3) is 0.0417. The van der Waals surface area contributed by atoms with Crippen LogP contribution in [0.15, 0.2) is 79.0 Å². The van der Waals surface area contributed by atoms with Crippen LogP contribution >= 0.6 is 11.3 Å². The molecule has 33 heavy (non-hydrogen) atoms. The van der Waals surface area contributed by atoms with Gasteiger partial charge in [0.05, 0.1) is 38.7 Å². The Labute approximate surface area is 195 Å². The Kier molecular flexibility index (Phi) is 5.71. The molecule has 0 aliphatic rings. The number of fused-ring (bicyclic) bond motifs is 2. The summed E-state index contributed by atoms with van der Waals surface area (Å²) in [7, 11) is 0. The highest BCUT2D eigenvalue weighted by Crippen LogP contribution is 2.35. The summed E-state index contributed by atoms with van der Waals surface area (Å²) in [4.78, 5) is 9.04. The number of hydrogen-bond donors (Lipinski definition) is 1. The van der Waals surface area contributed by atoms with Crippen LogP contribution in [0.3, 0.4) is 0 Å². The molecule has 0 saturated carbocycles. The van der Waals surface area contributed by atoms with E-state index in [9.17, 15) is 8.76 Å². The molecule has 0 amide bonds. The quantitative estimate of drug-likeness (QED) is 0.324. The minimum absolute atomic E-state index is 0.281. The van der Waals surface area contributed by atoms with Gasteiger partial charge in [0.15, 0.2) is 0 Å². The molecule has 9 heteroatoms. The van der Waals surface area contributed by atoms with Gasteiger partial charge in [-0.3, -0.25) is 9.54 Å². The van der Waals surface area contributed by atoms with Gasteiger partial charge < -0.3 is 4.74 Å². The molecule has 0 fully saturated rings. The molecule has 0 bridgehead atoms. The van der Waals surface area contributed by atoms with Gasteiger partial charge in [0.1, 0.15) is 17.4 Å². The van der Waals surface area contributed by atoms with Crippen molar-refractivity contribution in [1.82, 2.24) is 9.97 Å². The third-order valence-electron chi connectivity index (χ3n) is 4.98. The number of pyridine rings is 1. The zero-order valence-electron chi connectivity index (χ0n) is 17.1. The molecule has 5 rings (SSSR count). The summed E-state index contributed by atoms with van der Waals surface area (Å²) >= 11 is -0.814. The molecule has 5 aromatic rings. The first-order valence-corrected chi connectivity index (χ1v) is 11.8. The van der Waals surface area contributed by atoms with Crippen LogP contribution in [0.25, 0.3) is 21.1 Å². The first-order chi connectivity index (χ1) is 16.1. The van der Waals surface area contributed by atoms with Crippen molar-refractivity contribution >= 4 is 55.1 Å². The van der Waals surface area contributed by atoms with Crippen LogP contribution in [0.4, 0.5) is 11.4 Å². The number of para-hydroxylation sites is 1. The lowest BCUT2D eigenvalue weighted by Gasteiger charge is -2.21. The third-order valence-corrected chi connectivity index (χ3v) is 6.71. The molecule has 7 nitrogen and oxygen atoms in total. The summed E-state index contributed by atoms with van der Waals surface area (Å²) < 4.78 is 30.5. The van der Waals surface area contributed by atoms with Gasteiger partial charge in [-0.2, -0.15) is 5.26 Å². The standard InChI is InChI=1S/C24H16N4O3S2/c25-14-16-6-9-19(10-7-16)31-15-23-27-20-13-18(8-11-22(20)32-23)28(33(29)30)21-5-1-3-17-4-2-12-26-24(17)21/h1-13H,15H2,(H,29,30). The first kappa shape index (κ1) is 21.0. The van der Waals surface area contributed by atoms with Crippen LogP contribution in [-0.2, 0) is 17.9 Å². The van der Waals surface area contributed by atoms with Gasteiger partial charge in [-0.1, -0.05) is 18.2 Å². The topological polar surface area (TPSA) is 99.3 Å². The molecular weight excluding hydrogens is 456 g/mol. The van der Waals surface area contributed by atoms with Crippen LogP contribution in [-0.4, -0.2) is 18.7 Å². The second-order valence-corrected chi connectivity index (χ2v) is 9.00. The Morgan fingerprint density at radius 2 is 1.91 bits per heavy atom. The van der Waals surface area contributed by atoms with E-state index in [-0.39, 0.29) is 6.61 Å². The first-order valence-electron chi connectivity index (χ1n) is 9.90. The number of benzene rings is 3. The number of thiazole rings is 1. The number of ether oxygens (including phenoxy) is 1. The zero-order valence-corrected chi connectivity index (χ0v) is 18.7. The highest BCUT2D eigenvalue weighted by molar-refractivity contribution is 7.81. The van der Waals surface area contributed by atoms with Gasteiger partial charge in [-0.25, -0.2) is 13.5 Å². The van der Waals surface area contributed by atoms with E-state index in [2.05, 4.69) is 16.0 Å². The van der Waals surface area contributed by atoms with E-state index < -0.39 is 11.3 Å². The number of hydrogen-bond acceptors (Lipinski definition) is 6. The number of aromatic nitrogens is 2. The Morgan fingerprint density at radius 3 is 2.70 bits per heavy atom. The van der Waals surface area contributed by atoms with Gasteiger partial charge in [0.25, 0.3) is 11.3 Å². The minimum Gasteiger partial charge on any atom is -0.486 e. The van der Waals surface area contributed by atoms with Crippen LogP contribution < -0.4 is 9.04 Å². The lowest BCUT2D eigenvalue weighted by atomic mass is 10.2. The second-order valence-electron chi connectivity index (χ2n) is 7.06. The van der Waals surface area contributed by atoms with E-state index in [1.807, 2.05) is 30.3 Å². The highest BCUT2D eigenvalue weighted by Gasteiger charge is 2.19. The third kappa shape index (κ3) is 4.27. The number of nitriles is 1. The molecule has 2 aromatic heterocycles. The van der Waals surface area contributed by atoms with E-state index in [1.54, 1.807) is 48.7 Å². The molecule has 0 spiro atoms. The maximum Gasteiger partial charge on any atom is 0.266 e. The maximum atomic E-state index is 12.3. The van der Waals surface area contributed by atoms with Crippen LogP contribution in [0, 0.1) is 11.3 Å². The fourth-order valence-electron chi connectivity index (χ4n) is 3.49. The predicted molar refractivity (Wildman–Crippen MR) is 130 cm³/mol. The van der Waals surface area contributed by atoms with Crippen LogP contribution in [0.2, 0.25) is 0 Å². The van der Waals surface area contributed by atoms with Gasteiger partial charge in [-0.05, 0) is 54.6 Å². The van der Waals surface area contributed by atoms with E-state index in [1.165, 1.54) is 15.6 Å². The lowest BCUT2D eigenvalue weighted by molar-refractivity contribution is 0.306.